The van der Waals surface area contributed by atoms with Crippen molar-refractivity contribution in [3.63, 3.8) is 0 Å². The van der Waals surface area contributed by atoms with Crippen LogP contribution in [0.5, 0.6) is 5.75 Å². The first kappa shape index (κ1) is 41.3. The molecule has 0 saturated carbocycles. The number of morpholine rings is 1. The third-order valence-electron chi connectivity index (χ3n) is 13.2. The maximum Gasteiger partial charge on any atom is 0.328 e. The number of rotatable bonds is 8. The minimum Gasteiger partial charge on any atom is -0.507 e. The fraction of sp³-hybridized carbons (Fsp3) is 0.426. The maximum absolute atomic E-state index is 16.4. The van der Waals surface area contributed by atoms with Gasteiger partial charge < -0.3 is 34.8 Å². The van der Waals surface area contributed by atoms with Gasteiger partial charge in [-0.1, -0.05) is 18.2 Å². The summed E-state index contributed by atoms with van der Waals surface area (Å²) in [7, 11) is 0. The minimum absolute atomic E-state index is 0.0926. The number of nitrogen functional groups attached to an aromatic ring is 1. The van der Waals surface area contributed by atoms with E-state index in [0.717, 1.165) is 59.2 Å². The largest absolute Gasteiger partial charge is 0.507 e. The number of nitrogens with one attached hydrogen (secondary N) is 1. The molecular formula is C47H54FN9O5. The summed E-state index contributed by atoms with van der Waals surface area (Å²) in [6.45, 7) is 10.1. The van der Waals surface area contributed by atoms with Crippen molar-refractivity contribution in [2.24, 2.45) is 0 Å². The molecule has 0 aliphatic carbocycles. The number of para-hydroxylation sites is 1. The molecule has 324 valence electrons. The summed E-state index contributed by atoms with van der Waals surface area (Å²) in [4.78, 5) is 45.8. The first-order valence-electron chi connectivity index (χ1n) is 21.7. The lowest BCUT2D eigenvalue weighted by molar-refractivity contribution is -0.120. The van der Waals surface area contributed by atoms with Gasteiger partial charge in [-0.2, -0.15) is 0 Å². The molecule has 15 heteroatoms. The molecule has 9 rings (SSSR count). The number of phenols is 1. The second kappa shape index (κ2) is 16.7. The molecular weight excluding hydrogens is 790 g/mol. The summed E-state index contributed by atoms with van der Waals surface area (Å²) in [5, 5.41) is 22.3. The molecule has 0 bridgehead atoms. The number of carbonyl (C=O) groups excluding carboxylic acids is 3. The van der Waals surface area contributed by atoms with Crippen LogP contribution < -0.4 is 20.9 Å². The summed E-state index contributed by atoms with van der Waals surface area (Å²) < 4.78 is 25.2. The lowest BCUT2D eigenvalue weighted by Crippen LogP contribution is -2.51. The van der Waals surface area contributed by atoms with E-state index in [2.05, 4.69) is 48.2 Å². The van der Waals surface area contributed by atoms with Gasteiger partial charge in [-0.3, -0.25) is 19.8 Å². The van der Waals surface area contributed by atoms with Crippen molar-refractivity contribution in [1.29, 1.82) is 0 Å². The van der Waals surface area contributed by atoms with E-state index in [9.17, 15) is 19.5 Å². The van der Waals surface area contributed by atoms with Crippen molar-refractivity contribution >= 4 is 45.9 Å². The Morgan fingerprint density at radius 2 is 1.71 bits per heavy atom. The molecule has 6 heterocycles. The zero-order chi connectivity index (χ0) is 43.3. The van der Waals surface area contributed by atoms with Crippen molar-refractivity contribution in [1.82, 2.24) is 29.9 Å². The molecule has 0 unspecified atom stereocenters. The number of alkyl halides is 1. The average molecular weight is 844 g/mol. The highest BCUT2D eigenvalue weighted by atomic mass is 19.1. The number of likely N-dealkylation sites (tertiary alicyclic amines) is 2. The van der Waals surface area contributed by atoms with Gasteiger partial charge in [-0.05, 0) is 98.8 Å². The second-order valence-corrected chi connectivity index (χ2v) is 17.6. The minimum atomic E-state index is -1.36. The number of amides is 4. The number of aryl methyl sites for hydroxylation is 2. The molecule has 5 aromatic rings. The number of hydrogen-bond donors (Lipinski definition) is 3. The Balaban J connectivity index is 0.789. The molecule has 0 radical (unpaired) electrons. The van der Waals surface area contributed by atoms with Crippen LogP contribution in [0.15, 0.2) is 72.9 Å². The van der Waals surface area contributed by atoms with E-state index in [-0.39, 0.29) is 48.3 Å². The van der Waals surface area contributed by atoms with Crippen molar-refractivity contribution in [2.75, 3.05) is 67.9 Å². The van der Waals surface area contributed by atoms with Crippen LogP contribution in [-0.2, 0) is 9.53 Å². The normalized spacial score (nSPS) is 21.4. The molecule has 62 heavy (non-hydrogen) atoms. The Bertz CT molecular complexity index is 2530. The number of anilines is 3. The predicted molar refractivity (Wildman–Crippen MR) is 236 cm³/mol. The Labute approximate surface area is 360 Å². The molecule has 14 nitrogen and oxygen atoms in total. The molecule has 4 aliphatic heterocycles. The molecule has 4 N–H and O–H groups in total. The zero-order valence-corrected chi connectivity index (χ0v) is 35.5. The number of nitrogens with two attached hydrogens (primary N) is 1. The fourth-order valence-electron chi connectivity index (χ4n) is 9.86. The Hall–Kier alpha value is -6.06. The Kier molecular flexibility index (Phi) is 11.1. The smallest absolute Gasteiger partial charge is 0.328 e. The van der Waals surface area contributed by atoms with Gasteiger partial charge in [0.15, 0.2) is 5.82 Å². The van der Waals surface area contributed by atoms with Crippen molar-refractivity contribution in [2.45, 2.75) is 76.8 Å². The van der Waals surface area contributed by atoms with E-state index >= 15 is 4.39 Å². The van der Waals surface area contributed by atoms with Crippen LogP contribution in [0, 0.1) is 13.8 Å². The molecule has 4 fully saturated rings. The third-order valence-corrected chi connectivity index (χ3v) is 13.2. The van der Waals surface area contributed by atoms with Crippen LogP contribution in [0.2, 0.25) is 0 Å². The van der Waals surface area contributed by atoms with Gasteiger partial charge in [0, 0.05) is 112 Å². The number of ether oxygens (including phenoxy) is 1. The number of fused-ring (bicyclic) bond motifs is 1. The van der Waals surface area contributed by atoms with Crippen LogP contribution >= 0.6 is 0 Å². The van der Waals surface area contributed by atoms with E-state index < -0.39 is 5.67 Å². The van der Waals surface area contributed by atoms with Gasteiger partial charge in [-0.15, -0.1) is 10.2 Å². The number of piperidine rings is 2. The number of benzene rings is 3. The first-order valence-corrected chi connectivity index (χ1v) is 21.7. The van der Waals surface area contributed by atoms with Crippen molar-refractivity contribution in [3.05, 3.63) is 95.2 Å². The maximum atomic E-state index is 16.4. The van der Waals surface area contributed by atoms with Crippen LogP contribution in [0.4, 0.5) is 26.4 Å². The number of hydrogen-bond acceptors (Lipinski definition) is 10. The Morgan fingerprint density at radius 3 is 2.45 bits per heavy atom. The highest BCUT2D eigenvalue weighted by molar-refractivity contribution is 6.06. The van der Waals surface area contributed by atoms with Crippen LogP contribution in [0.25, 0.3) is 22.2 Å². The van der Waals surface area contributed by atoms with Gasteiger partial charge in [0.1, 0.15) is 17.5 Å². The van der Waals surface area contributed by atoms with E-state index in [4.69, 9.17) is 10.5 Å². The van der Waals surface area contributed by atoms with Crippen LogP contribution in [0.1, 0.15) is 78.2 Å². The highest BCUT2D eigenvalue weighted by Crippen LogP contribution is 2.38. The number of aromatic nitrogens is 3. The number of halogens is 1. The molecule has 4 amide bonds. The van der Waals surface area contributed by atoms with Gasteiger partial charge in [-0.25, -0.2) is 9.18 Å². The highest BCUT2D eigenvalue weighted by Gasteiger charge is 2.39. The average Bonchev–Trinajstić information content (AvgIpc) is 3.66. The lowest BCUT2D eigenvalue weighted by Gasteiger charge is -2.41. The number of urea groups is 1. The molecule has 0 spiro atoms. The third kappa shape index (κ3) is 8.18. The molecule has 2 atom stereocenters. The van der Waals surface area contributed by atoms with E-state index in [1.165, 1.54) is 0 Å². The van der Waals surface area contributed by atoms with Crippen molar-refractivity contribution < 1.29 is 28.6 Å². The quantitative estimate of drug-likeness (QED) is 0.153. The number of carbonyl (C=O) groups is 3. The van der Waals surface area contributed by atoms with Crippen LogP contribution in [-0.4, -0.2) is 112 Å². The van der Waals surface area contributed by atoms with E-state index in [0.29, 0.717) is 80.4 Å². The monoisotopic (exact) mass is 843 g/mol. The molecule has 4 saturated heterocycles. The number of nitrogens with zero attached hydrogens (tertiary/aromatic N) is 7. The molecule has 3 aromatic carbocycles. The molecule has 4 aliphatic rings. The number of aromatic hydroxyl groups is 1. The standard InChI is InChI=1S/C47H54FN9O5/c1-29-22-33(8-9-35(29)42-27-55(26-31(3)62-42)40-25-37(51-52-44(40)49)36-6-4-5-7-41(36)58)45(60)54-20-14-47(48,15-21-54)28-53-16-11-34(12-17-53)56-18-10-32-24-38(30(2)23-39(32)56)57-19-13-43(59)50-46(57)61/h4-10,18,22-25,31,34,42,58H,11-17,19-21,26-28H2,1-3H3,(H2,49,52)(H,50,59,61)/t31-,42-/m1/s1. The van der Waals surface area contributed by atoms with Crippen LogP contribution in [0.3, 0.4) is 0 Å². The predicted octanol–water partition coefficient (Wildman–Crippen LogP) is 6.70. The van der Waals surface area contributed by atoms with E-state index in [1.54, 1.807) is 28.0 Å². The summed E-state index contributed by atoms with van der Waals surface area (Å²) in [6, 6.07) is 20.7. The lowest BCUT2D eigenvalue weighted by atomic mass is 9.91. The number of phenolic OH excluding ortho intramolecular Hbond substituents is 1. The summed E-state index contributed by atoms with van der Waals surface area (Å²) in [5.41, 5.74) is 12.2. The van der Waals surface area contributed by atoms with Gasteiger partial charge >= 0.3 is 6.03 Å². The number of imide groups is 1. The van der Waals surface area contributed by atoms with E-state index in [1.807, 2.05) is 57.2 Å². The zero-order valence-electron chi connectivity index (χ0n) is 35.5. The Morgan fingerprint density at radius 1 is 0.935 bits per heavy atom. The molecule has 2 aromatic heterocycles. The fourth-order valence-corrected chi connectivity index (χ4v) is 9.86. The summed E-state index contributed by atoms with van der Waals surface area (Å²) >= 11 is 0. The SMILES string of the molecule is Cc1cc(C(=O)N2CCC(F)(CN3CCC(n4ccc5cc(N6CCC(=O)NC6=O)c(C)cc54)CC3)CC2)ccc1[C@H]1CN(c2cc(-c3ccccc3O)nnc2N)C[C@@H](C)O1. The first-order chi connectivity index (χ1) is 29.8. The topological polar surface area (TPSA) is 162 Å². The van der Waals surface area contributed by atoms with Gasteiger partial charge in [0.2, 0.25) is 5.91 Å². The second-order valence-electron chi connectivity index (χ2n) is 17.6. The summed E-state index contributed by atoms with van der Waals surface area (Å²) in [6.07, 6.45) is 4.37. The van der Waals surface area contributed by atoms with Crippen molar-refractivity contribution in [3.8, 4) is 17.0 Å². The summed E-state index contributed by atoms with van der Waals surface area (Å²) in [5.74, 6) is 0.0607. The van der Waals surface area contributed by atoms with Gasteiger partial charge in [0.25, 0.3) is 5.91 Å². The van der Waals surface area contributed by atoms with Gasteiger partial charge in [0.05, 0.1) is 17.5 Å².